The number of fused-ring (bicyclic) bond motifs is 1. The maximum atomic E-state index is 5.67. The summed E-state index contributed by atoms with van der Waals surface area (Å²) < 4.78 is 1.71. The number of hydrogen-bond donors (Lipinski definition) is 2. The normalized spacial score (nSPS) is 12.7. The molecule has 0 radical (unpaired) electrons. The van der Waals surface area contributed by atoms with Crippen LogP contribution in [0.2, 0.25) is 0 Å². The number of nitrogens with two attached hydrogens (primary N) is 1. The molecule has 0 amide bonds. The van der Waals surface area contributed by atoms with E-state index in [1.165, 1.54) is 0 Å². The number of nitrogens with zero attached hydrogens (tertiary/aromatic N) is 4. The molecule has 0 bridgehead atoms. The fraction of sp³-hybridized carbons (Fsp3) is 0.154. The fourth-order valence-corrected chi connectivity index (χ4v) is 2.19. The lowest BCUT2D eigenvalue weighted by molar-refractivity contribution is 0.570. The second-order valence-corrected chi connectivity index (χ2v) is 4.34. The molecule has 3 N–H and O–H groups in total. The van der Waals surface area contributed by atoms with Crippen LogP contribution in [0.3, 0.4) is 0 Å². The number of hydrogen-bond acceptors (Lipinski definition) is 5. The molecule has 0 spiro atoms. The van der Waals surface area contributed by atoms with Crippen LogP contribution in [0.4, 0.5) is 0 Å². The first-order valence-corrected chi connectivity index (χ1v) is 5.95. The van der Waals surface area contributed by atoms with Gasteiger partial charge in [0.15, 0.2) is 0 Å². The van der Waals surface area contributed by atoms with E-state index in [1.54, 1.807) is 17.1 Å². The van der Waals surface area contributed by atoms with Gasteiger partial charge in [0.05, 0.1) is 23.4 Å². The molecule has 0 aliphatic heterocycles. The number of rotatable bonds is 3. The maximum absolute atomic E-state index is 5.67. The molecule has 1 aromatic carbocycles. The van der Waals surface area contributed by atoms with Crippen LogP contribution in [0, 0.1) is 0 Å². The van der Waals surface area contributed by atoms with Crippen molar-refractivity contribution in [1.82, 2.24) is 25.4 Å². The Morgan fingerprint density at radius 1 is 1.32 bits per heavy atom. The smallest absolute Gasteiger partial charge is 0.0894 e. The highest BCUT2D eigenvalue weighted by Gasteiger charge is 2.16. The zero-order valence-electron chi connectivity index (χ0n) is 10.5. The van der Waals surface area contributed by atoms with Gasteiger partial charge in [-0.2, -0.15) is 0 Å². The number of aromatic nitrogens is 4. The molecule has 0 saturated heterocycles. The van der Waals surface area contributed by atoms with Gasteiger partial charge in [0.25, 0.3) is 0 Å². The lowest BCUT2D eigenvalue weighted by Crippen LogP contribution is -2.30. The van der Waals surface area contributed by atoms with Gasteiger partial charge in [0, 0.05) is 18.6 Å². The fourth-order valence-electron chi connectivity index (χ4n) is 2.19. The molecule has 3 aromatic rings. The Labute approximate surface area is 110 Å². The van der Waals surface area contributed by atoms with Gasteiger partial charge in [-0.3, -0.25) is 15.5 Å². The average molecular weight is 254 g/mol. The summed E-state index contributed by atoms with van der Waals surface area (Å²) in [5, 5.41) is 8.89. The molecular formula is C13H14N6. The predicted molar refractivity (Wildman–Crippen MR) is 71.9 cm³/mol. The zero-order valence-corrected chi connectivity index (χ0v) is 10.5. The molecule has 1 unspecified atom stereocenters. The largest absolute Gasteiger partial charge is 0.271 e. The first-order chi connectivity index (χ1) is 9.29. The minimum Gasteiger partial charge on any atom is -0.271 e. The highest BCUT2D eigenvalue weighted by atomic mass is 15.4. The first-order valence-electron chi connectivity index (χ1n) is 5.95. The minimum absolute atomic E-state index is 0.149. The van der Waals surface area contributed by atoms with Crippen molar-refractivity contribution in [2.45, 2.75) is 6.04 Å². The van der Waals surface area contributed by atoms with Crippen LogP contribution in [-0.4, -0.2) is 20.0 Å². The molecule has 6 nitrogen and oxygen atoms in total. The monoisotopic (exact) mass is 254 g/mol. The van der Waals surface area contributed by atoms with E-state index in [9.17, 15) is 0 Å². The zero-order chi connectivity index (χ0) is 13.2. The molecule has 0 saturated carbocycles. The minimum atomic E-state index is -0.149. The third-order valence-electron chi connectivity index (χ3n) is 3.17. The summed E-state index contributed by atoms with van der Waals surface area (Å²) in [6, 6.07) is 9.86. The van der Waals surface area contributed by atoms with Gasteiger partial charge in [-0.1, -0.05) is 17.3 Å². The van der Waals surface area contributed by atoms with Crippen LogP contribution in [0.15, 0.2) is 42.7 Å². The molecule has 0 aliphatic carbocycles. The molecule has 2 heterocycles. The maximum Gasteiger partial charge on any atom is 0.0894 e. The van der Waals surface area contributed by atoms with Crippen LogP contribution in [0.5, 0.6) is 0 Å². The summed E-state index contributed by atoms with van der Waals surface area (Å²) in [6.07, 6.45) is 3.49. The molecule has 96 valence electrons. The quantitative estimate of drug-likeness (QED) is 0.536. The summed E-state index contributed by atoms with van der Waals surface area (Å²) in [4.78, 5) is 4.31. The van der Waals surface area contributed by atoms with E-state index in [0.29, 0.717) is 0 Å². The first kappa shape index (κ1) is 11.8. The molecule has 6 heteroatoms. The van der Waals surface area contributed by atoms with E-state index in [1.807, 2.05) is 31.3 Å². The molecule has 2 aromatic heterocycles. The van der Waals surface area contributed by atoms with Crippen LogP contribution >= 0.6 is 0 Å². The van der Waals surface area contributed by atoms with Crippen LogP contribution in [0.25, 0.3) is 10.9 Å². The Bertz CT molecular complexity index is 705. The molecular weight excluding hydrogens is 240 g/mol. The van der Waals surface area contributed by atoms with Crippen molar-refractivity contribution in [3.8, 4) is 0 Å². The van der Waals surface area contributed by atoms with Crippen molar-refractivity contribution in [2.24, 2.45) is 12.9 Å². The van der Waals surface area contributed by atoms with Crippen molar-refractivity contribution in [2.75, 3.05) is 0 Å². The summed E-state index contributed by atoms with van der Waals surface area (Å²) in [7, 11) is 1.84. The van der Waals surface area contributed by atoms with Crippen molar-refractivity contribution < 1.29 is 0 Å². The highest BCUT2D eigenvalue weighted by molar-refractivity contribution is 5.79. The molecule has 3 rings (SSSR count). The van der Waals surface area contributed by atoms with Gasteiger partial charge >= 0.3 is 0 Å². The van der Waals surface area contributed by atoms with E-state index < -0.39 is 0 Å². The van der Waals surface area contributed by atoms with Crippen molar-refractivity contribution >= 4 is 10.9 Å². The highest BCUT2D eigenvalue weighted by Crippen LogP contribution is 2.23. The third-order valence-corrected chi connectivity index (χ3v) is 3.17. The predicted octanol–water partition coefficient (Wildman–Crippen LogP) is 0.916. The number of nitrogens with one attached hydrogen (secondary N) is 1. The SMILES string of the molecule is Cn1nncc1C(NN)c1ccc2ncccc2c1. The Balaban J connectivity index is 2.09. The van der Waals surface area contributed by atoms with Gasteiger partial charge < -0.3 is 0 Å². The summed E-state index contributed by atoms with van der Waals surface area (Å²) >= 11 is 0. The van der Waals surface area contributed by atoms with E-state index >= 15 is 0 Å². The lowest BCUT2D eigenvalue weighted by Gasteiger charge is -2.16. The Hall–Kier alpha value is -2.31. The van der Waals surface area contributed by atoms with Gasteiger partial charge in [0.1, 0.15) is 0 Å². The summed E-state index contributed by atoms with van der Waals surface area (Å²) in [5.74, 6) is 5.67. The van der Waals surface area contributed by atoms with E-state index in [0.717, 1.165) is 22.2 Å². The molecule has 0 fully saturated rings. The number of aryl methyl sites for hydroxylation is 1. The Morgan fingerprint density at radius 3 is 2.95 bits per heavy atom. The molecule has 1 atom stereocenters. The van der Waals surface area contributed by atoms with E-state index in [-0.39, 0.29) is 6.04 Å². The molecule has 19 heavy (non-hydrogen) atoms. The van der Waals surface area contributed by atoms with Gasteiger partial charge in [-0.05, 0) is 23.8 Å². The number of benzene rings is 1. The number of pyridine rings is 1. The Morgan fingerprint density at radius 2 is 2.21 bits per heavy atom. The Kier molecular flexibility index (Phi) is 2.94. The lowest BCUT2D eigenvalue weighted by atomic mass is 10.0. The van der Waals surface area contributed by atoms with Crippen molar-refractivity contribution in [1.29, 1.82) is 0 Å². The van der Waals surface area contributed by atoms with E-state index in [2.05, 4.69) is 26.8 Å². The third kappa shape index (κ3) is 2.07. The second-order valence-electron chi connectivity index (χ2n) is 4.34. The summed E-state index contributed by atoms with van der Waals surface area (Å²) in [6.45, 7) is 0. The van der Waals surface area contributed by atoms with Crippen LogP contribution in [-0.2, 0) is 7.05 Å². The van der Waals surface area contributed by atoms with Crippen molar-refractivity contribution in [3.05, 3.63) is 54.0 Å². The van der Waals surface area contributed by atoms with Gasteiger partial charge in [0.2, 0.25) is 0 Å². The van der Waals surface area contributed by atoms with Crippen LogP contribution < -0.4 is 11.3 Å². The topological polar surface area (TPSA) is 81.7 Å². The van der Waals surface area contributed by atoms with Crippen molar-refractivity contribution in [3.63, 3.8) is 0 Å². The standard InChI is InChI=1S/C13H14N6/c1-19-12(8-16-18-19)13(17-14)10-4-5-11-9(7-10)3-2-6-15-11/h2-8,13,17H,14H2,1H3. The van der Waals surface area contributed by atoms with E-state index in [4.69, 9.17) is 5.84 Å². The second kappa shape index (κ2) is 4.75. The van der Waals surface area contributed by atoms with Gasteiger partial charge in [-0.25, -0.2) is 5.43 Å². The van der Waals surface area contributed by atoms with Crippen LogP contribution in [0.1, 0.15) is 17.3 Å². The molecule has 0 aliphatic rings. The number of hydrazine groups is 1. The average Bonchev–Trinajstić information content (AvgIpc) is 2.86. The van der Waals surface area contributed by atoms with Gasteiger partial charge in [-0.15, -0.1) is 5.10 Å². The summed E-state index contributed by atoms with van der Waals surface area (Å²) in [5.41, 5.74) is 5.73.